The molecule has 0 fully saturated rings. The zero-order valence-corrected chi connectivity index (χ0v) is 20.3. The average molecular weight is 534 g/mol. The van der Waals surface area contributed by atoms with Gasteiger partial charge in [-0.2, -0.15) is 9.41 Å². The largest absolute Gasteiger partial charge is 0.619 e. The fourth-order valence-corrected chi connectivity index (χ4v) is 3.70. The van der Waals surface area contributed by atoms with E-state index in [2.05, 4.69) is 26.2 Å². The minimum Gasteiger partial charge on any atom is -0.619 e. The average Bonchev–Trinajstić information content (AvgIpc) is 3.42. The number of aromatic carboxylic acids is 1. The number of nitrogens with one attached hydrogen (secondary N) is 2. The van der Waals surface area contributed by atoms with Crippen LogP contribution in [0.3, 0.4) is 0 Å². The molecule has 2 heterocycles. The molecule has 3 N–H and O–H groups in total. The summed E-state index contributed by atoms with van der Waals surface area (Å²) >= 11 is 6.12. The van der Waals surface area contributed by atoms with Crippen molar-refractivity contribution < 1.29 is 24.2 Å². The molecule has 0 spiro atoms. The van der Waals surface area contributed by atoms with Gasteiger partial charge in [0.25, 0.3) is 0 Å². The fourth-order valence-electron chi connectivity index (χ4n) is 3.52. The van der Waals surface area contributed by atoms with Crippen LogP contribution in [-0.4, -0.2) is 49.1 Å². The summed E-state index contributed by atoms with van der Waals surface area (Å²) in [6.07, 6.45) is 6.76. The van der Waals surface area contributed by atoms with Gasteiger partial charge in [-0.3, -0.25) is 9.59 Å². The Morgan fingerprint density at radius 2 is 1.95 bits per heavy atom. The van der Waals surface area contributed by atoms with Gasteiger partial charge in [-0.1, -0.05) is 11.6 Å². The third-order valence-electron chi connectivity index (χ3n) is 5.31. The van der Waals surface area contributed by atoms with Gasteiger partial charge in [0.15, 0.2) is 12.4 Å². The van der Waals surface area contributed by atoms with E-state index in [1.807, 2.05) is 0 Å². The van der Waals surface area contributed by atoms with E-state index in [-0.39, 0.29) is 12.0 Å². The van der Waals surface area contributed by atoms with Gasteiger partial charge in [-0.25, -0.2) is 4.79 Å². The van der Waals surface area contributed by atoms with E-state index in [1.165, 1.54) is 65.9 Å². The van der Waals surface area contributed by atoms with Gasteiger partial charge < -0.3 is 20.9 Å². The summed E-state index contributed by atoms with van der Waals surface area (Å²) in [7, 11) is 0. The van der Waals surface area contributed by atoms with E-state index >= 15 is 0 Å². The second kappa shape index (κ2) is 11.8. The molecule has 0 aliphatic rings. The predicted molar refractivity (Wildman–Crippen MR) is 136 cm³/mol. The van der Waals surface area contributed by atoms with Crippen molar-refractivity contribution >= 4 is 41.1 Å². The second-order valence-electron chi connectivity index (χ2n) is 8.00. The third kappa shape index (κ3) is 6.77. The van der Waals surface area contributed by atoms with Crippen LogP contribution in [0, 0.1) is 5.21 Å². The lowest BCUT2D eigenvalue weighted by molar-refractivity contribution is -0.605. The van der Waals surface area contributed by atoms with Crippen LogP contribution >= 0.6 is 11.6 Å². The molecule has 0 bridgehead atoms. The van der Waals surface area contributed by atoms with Gasteiger partial charge in [-0.15, -0.1) is 5.10 Å². The van der Waals surface area contributed by atoms with Gasteiger partial charge in [0.1, 0.15) is 12.4 Å². The van der Waals surface area contributed by atoms with E-state index in [0.29, 0.717) is 32.3 Å². The standard InChI is InChI=1S/C25H20ClN7O5/c26-19-6-9-22(33-15-27-30-31-33)18(13-19)5-10-23(34)29-21(12-16-2-1-11-32(38)14-16)24(35)28-20-7-3-17(4-8-20)25(36)37/h1-11,13-15,21H,12H2,(H,28,35)(H,29,34)(H,36,37)/t21-/m0/s1. The molecule has 38 heavy (non-hydrogen) atoms. The number of tetrazole rings is 1. The van der Waals surface area contributed by atoms with Crippen molar-refractivity contribution in [1.82, 2.24) is 25.5 Å². The number of nitrogens with zero attached hydrogens (tertiary/aromatic N) is 5. The topological polar surface area (TPSA) is 166 Å². The molecule has 13 heteroatoms. The number of rotatable bonds is 9. The first kappa shape index (κ1) is 26.0. The fraction of sp³-hybridized carbons (Fsp3) is 0.0800. The van der Waals surface area contributed by atoms with E-state index in [0.717, 1.165) is 0 Å². The van der Waals surface area contributed by atoms with Crippen molar-refractivity contribution in [3.8, 4) is 5.69 Å². The number of halogens is 1. The smallest absolute Gasteiger partial charge is 0.335 e. The highest BCUT2D eigenvalue weighted by molar-refractivity contribution is 6.30. The number of pyridine rings is 1. The molecule has 0 saturated heterocycles. The quantitative estimate of drug-likeness (QED) is 0.167. The molecule has 4 rings (SSSR count). The van der Waals surface area contributed by atoms with E-state index < -0.39 is 23.8 Å². The molecule has 2 amide bonds. The highest BCUT2D eigenvalue weighted by atomic mass is 35.5. The lowest BCUT2D eigenvalue weighted by Gasteiger charge is -2.18. The summed E-state index contributed by atoms with van der Waals surface area (Å²) < 4.78 is 2.00. The van der Waals surface area contributed by atoms with E-state index in [9.17, 15) is 19.6 Å². The highest BCUT2D eigenvalue weighted by Crippen LogP contribution is 2.20. The van der Waals surface area contributed by atoms with Crippen LogP contribution in [-0.2, 0) is 16.0 Å². The van der Waals surface area contributed by atoms with Crippen LogP contribution in [0.5, 0.6) is 0 Å². The number of aromatic nitrogens is 5. The molecule has 2 aromatic heterocycles. The molecule has 12 nitrogen and oxygen atoms in total. The number of carbonyl (C=O) groups excluding carboxylic acids is 2. The number of carbonyl (C=O) groups is 3. The molecule has 4 aromatic rings. The maximum absolute atomic E-state index is 13.1. The molecular formula is C25H20ClN7O5. The molecular weight excluding hydrogens is 514 g/mol. The summed E-state index contributed by atoms with van der Waals surface area (Å²) in [6.45, 7) is 0. The second-order valence-corrected chi connectivity index (χ2v) is 8.44. The zero-order chi connectivity index (χ0) is 27.1. The summed E-state index contributed by atoms with van der Waals surface area (Å²) in [4.78, 5) is 37.0. The number of benzene rings is 2. The third-order valence-corrected chi connectivity index (χ3v) is 5.54. The Kier molecular flexibility index (Phi) is 8.04. The monoisotopic (exact) mass is 533 g/mol. The van der Waals surface area contributed by atoms with Crippen molar-refractivity contribution in [2.24, 2.45) is 0 Å². The number of anilines is 1. The number of hydrogen-bond acceptors (Lipinski definition) is 7. The Morgan fingerprint density at radius 3 is 2.63 bits per heavy atom. The van der Waals surface area contributed by atoms with Gasteiger partial charge in [0, 0.05) is 40.4 Å². The summed E-state index contributed by atoms with van der Waals surface area (Å²) in [5.41, 5.74) is 2.04. The Labute approximate surface area is 220 Å². The summed E-state index contributed by atoms with van der Waals surface area (Å²) in [5, 5.41) is 37.6. The molecule has 0 radical (unpaired) electrons. The molecule has 0 saturated carbocycles. The number of hydrogen-bond donors (Lipinski definition) is 3. The van der Waals surface area contributed by atoms with Crippen LogP contribution in [0.15, 0.2) is 79.4 Å². The summed E-state index contributed by atoms with van der Waals surface area (Å²) in [5.74, 6) is -2.24. The predicted octanol–water partition coefficient (Wildman–Crippen LogP) is 2.03. The van der Waals surface area contributed by atoms with Gasteiger partial charge in [0.05, 0.1) is 11.3 Å². The van der Waals surface area contributed by atoms with Crippen molar-refractivity contribution in [3.63, 3.8) is 0 Å². The van der Waals surface area contributed by atoms with Crippen molar-refractivity contribution in [2.45, 2.75) is 12.5 Å². The van der Waals surface area contributed by atoms with Crippen LogP contribution in [0.4, 0.5) is 5.69 Å². The Bertz CT molecular complexity index is 1490. The first-order valence-electron chi connectivity index (χ1n) is 11.1. The maximum Gasteiger partial charge on any atom is 0.335 e. The zero-order valence-electron chi connectivity index (χ0n) is 19.6. The molecule has 0 aliphatic carbocycles. The summed E-state index contributed by atoms with van der Waals surface area (Å²) in [6, 6.07) is 12.7. The lowest BCUT2D eigenvalue weighted by Crippen LogP contribution is -2.45. The van der Waals surface area contributed by atoms with E-state index in [1.54, 1.807) is 24.3 Å². The number of amides is 2. The van der Waals surface area contributed by atoms with Crippen LogP contribution in [0.1, 0.15) is 21.5 Å². The van der Waals surface area contributed by atoms with Crippen LogP contribution in [0.2, 0.25) is 5.02 Å². The molecule has 192 valence electrons. The SMILES string of the molecule is O=C(C=Cc1cc(Cl)ccc1-n1cnnn1)N[C@@H](Cc1ccc[n+]([O-])c1)C(=O)Nc1ccc(C(=O)O)cc1. The van der Waals surface area contributed by atoms with Gasteiger partial charge in [0.2, 0.25) is 11.8 Å². The molecule has 2 aromatic carbocycles. The molecule has 0 aliphatic heterocycles. The van der Waals surface area contributed by atoms with Crippen molar-refractivity contribution in [2.75, 3.05) is 5.32 Å². The minimum absolute atomic E-state index is 0.0226. The van der Waals surface area contributed by atoms with Crippen LogP contribution < -0.4 is 15.4 Å². The maximum atomic E-state index is 13.1. The number of carboxylic acids is 1. The number of carboxylic acid groups (broad SMARTS) is 1. The minimum atomic E-state index is -1.10. The van der Waals surface area contributed by atoms with E-state index in [4.69, 9.17) is 16.7 Å². The first-order valence-corrected chi connectivity index (χ1v) is 11.5. The van der Waals surface area contributed by atoms with Crippen LogP contribution in [0.25, 0.3) is 11.8 Å². The Balaban J connectivity index is 1.53. The molecule has 1 atom stereocenters. The lowest BCUT2D eigenvalue weighted by atomic mass is 10.1. The Morgan fingerprint density at radius 1 is 1.16 bits per heavy atom. The normalized spacial score (nSPS) is 11.7. The molecule has 0 unspecified atom stereocenters. The Hall–Kier alpha value is -5.10. The first-order chi connectivity index (χ1) is 18.3. The van der Waals surface area contributed by atoms with Gasteiger partial charge in [-0.05, 0) is 65.0 Å². The van der Waals surface area contributed by atoms with Crippen molar-refractivity contribution in [1.29, 1.82) is 0 Å². The highest BCUT2D eigenvalue weighted by Gasteiger charge is 2.22. The van der Waals surface area contributed by atoms with Crippen molar-refractivity contribution in [3.05, 3.63) is 106 Å². The van der Waals surface area contributed by atoms with Gasteiger partial charge >= 0.3 is 5.97 Å².